The second-order valence-corrected chi connectivity index (χ2v) is 11.7. The van der Waals surface area contributed by atoms with Crippen LogP contribution in [-0.2, 0) is 26.6 Å². The number of aliphatic hydroxyl groups is 1. The van der Waals surface area contributed by atoms with E-state index in [-0.39, 0.29) is 11.6 Å². The number of rotatable bonds is 10. The lowest BCUT2D eigenvalue weighted by molar-refractivity contribution is 0.100. The van der Waals surface area contributed by atoms with Crippen molar-refractivity contribution >= 4 is 34.8 Å². The molecule has 11 nitrogen and oxygen atoms in total. The second-order valence-electron chi connectivity index (χ2n) is 11.3. The smallest absolute Gasteiger partial charge is 0.291 e. The van der Waals surface area contributed by atoms with E-state index in [9.17, 15) is 14.7 Å². The number of amides is 2. The summed E-state index contributed by atoms with van der Waals surface area (Å²) < 4.78 is 7.34. The molecule has 0 spiro atoms. The van der Waals surface area contributed by atoms with Crippen LogP contribution in [0.25, 0.3) is 11.1 Å². The minimum atomic E-state index is -0.483. The lowest BCUT2D eigenvalue weighted by atomic mass is 9.98. The van der Waals surface area contributed by atoms with Crippen LogP contribution in [0.3, 0.4) is 0 Å². The summed E-state index contributed by atoms with van der Waals surface area (Å²) in [7, 11) is 5.44. The van der Waals surface area contributed by atoms with Crippen LogP contribution in [0.15, 0.2) is 48.7 Å². The van der Waals surface area contributed by atoms with Crippen molar-refractivity contribution in [3.05, 3.63) is 87.7 Å². The van der Waals surface area contributed by atoms with Crippen LogP contribution in [0.5, 0.6) is 5.75 Å². The number of benzene rings is 2. The molecule has 4 aromatic rings. The normalized spacial score (nSPS) is 13.7. The van der Waals surface area contributed by atoms with Crippen LogP contribution in [0.1, 0.15) is 50.5 Å². The van der Waals surface area contributed by atoms with E-state index in [1.807, 2.05) is 55.9 Å². The van der Waals surface area contributed by atoms with Crippen molar-refractivity contribution in [2.75, 3.05) is 37.9 Å². The Morgan fingerprint density at radius 1 is 1.09 bits per heavy atom. The molecule has 2 aromatic carbocycles. The zero-order chi connectivity index (χ0) is 32.2. The zero-order valence-electron chi connectivity index (χ0n) is 26.1. The van der Waals surface area contributed by atoms with Gasteiger partial charge in [0.15, 0.2) is 5.82 Å². The molecule has 0 fully saturated rings. The molecule has 1 atom stereocenters. The Bertz CT molecular complexity index is 1740. The molecule has 0 saturated carbocycles. The summed E-state index contributed by atoms with van der Waals surface area (Å²) in [4.78, 5) is 37.7. The number of imidazole rings is 1. The minimum absolute atomic E-state index is 0.196. The molecule has 2 amide bonds. The summed E-state index contributed by atoms with van der Waals surface area (Å²) in [5.41, 5.74) is 6.31. The molecule has 4 N–H and O–H groups in total. The topological polar surface area (TPSA) is 134 Å². The number of hydrogen-bond acceptors (Lipinski definition) is 8. The number of ether oxygens (including phenoxy) is 1. The third kappa shape index (κ3) is 7.02. The molecule has 1 aliphatic heterocycles. The fraction of sp³-hybridized carbons (Fsp3) is 0.333. The van der Waals surface area contributed by atoms with Crippen LogP contribution in [0.4, 0.5) is 11.4 Å². The first-order valence-corrected chi connectivity index (χ1v) is 15.1. The van der Waals surface area contributed by atoms with E-state index < -0.39 is 12.0 Å². The standard InChI is InChI=1S/C33H38ClN7O4/c1-19(42)15-35-16-21-17-36-26(14-29(21)45-5)32(43)38-24-10-6-8-22(20(24)2)23-9-7-11-25(30(23)34)39-33(44)31-37-27-18-40(3)13-12-28(27)41(31)4/h6-11,14,17,19,35,42H,12-13,15-16,18H2,1-5H3,(H,38,43)(H,39,44)/t19-/m0/s1. The number of anilines is 2. The van der Waals surface area contributed by atoms with Crippen LogP contribution in [0, 0.1) is 6.92 Å². The number of aromatic nitrogens is 3. The molecule has 45 heavy (non-hydrogen) atoms. The third-order valence-corrected chi connectivity index (χ3v) is 8.33. The number of carbonyl (C=O) groups is 2. The fourth-order valence-corrected chi connectivity index (χ4v) is 5.73. The van der Waals surface area contributed by atoms with Gasteiger partial charge in [-0.05, 0) is 44.2 Å². The van der Waals surface area contributed by atoms with Crippen molar-refractivity contribution in [3.63, 3.8) is 0 Å². The number of nitrogens with zero attached hydrogens (tertiary/aromatic N) is 4. The number of halogens is 1. The van der Waals surface area contributed by atoms with Crippen molar-refractivity contribution in [1.82, 2.24) is 24.8 Å². The molecule has 0 bridgehead atoms. The van der Waals surface area contributed by atoms with E-state index in [0.717, 1.165) is 41.0 Å². The van der Waals surface area contributed by atoms with Crippen LogP contribution < -0.4 is 20.7 Å². The molecule has 12 heteroatoms. The molecular weight excluding hydrogens is 594 g/mol. The van der Waals surface area contributed by atoms with Gasteiger partial charge in [0.05, 0.1) is 29.6 Å². The first-order chi connectivity index (χ1) is 21.6. The second kappa shape index (κ2) is 13.8. The highest BCUT2D eigenvalue weighted by Gasteiger charge is 2.25. The van der Waals surface area contributed by atoms with E-state index in [1.54, 1.807) is 25.3 Å². The van der Waals surface area contributed by atoms with Gasteiger partial charge in [-0.1, -0.05) is 35.9 Å². The molecule has 0 unspecified atom stereocenters. The number of likely N-dealkylation sites (N-methyl/N-ethyl adjacent to an activating group) is 1. The Morgan fingerprint density at radius 2 is 1.80 bits per heavy atom. The van der Waals surface area contributed by atoms with Crippen LogP contribution in [0.2, 0.25) is 5.02 Å². The zero-order valence-corrected chi connectivity index (χ0v) is 26.8. The number of nitrogens with one attached hydrogen (secondary N) is 3. The molecule has 0 aliphatic carbocycles. The maximum Gasteiger partial charge on any atom is 0.291 e. The lowest BCUT2D eigenvalue weighted by Crippen LogP contribution is -2.27. The SMILES string of the molecule is COc1cc(C(=O)Nc2cccc(-c3cccc(NC(=O)c4nc5c(n4C)CCN(C)C5)c3Cl)c2C)ncc1CNC[C@H](C)O. The third-order valence-electron chi connectivity index (χ3n) is 7.92. The van der Waals surface area contributed by atoms with Gasteiger partial charge in [0, 0.05) is 74.4 Å². The van der Waals surface area contributed by atoms with Crippen molar-refractivity contribution in [3.8, 4) is 16.9 Å². The van der Waals surface area contributed by atoms with Crippen molar-refractivity contribution in [2.24, 2.45) is 7.05 Å². The van der Waals surface area contributed by atoms with Gasteiger partial charge in [0.1, 0.15) is 11.4 Å². The molecule has 1 aliphatic rings. The van der Waals surface area contributed by atoms with Gasteiger partial charge in [-0.2, -0.15) is 0 Å². The van der Waals surface area contributed by atoms with Gasteiger partial charge < -0.3 is 35.3 Å². The number of carbonyl (C=O) groups excluding carboxylic acids is 2. The quantitative estimate of drug-likeness (QED) is 0.202. The highest BCUT2D eigenvalue weighted by atomic mass is 35.5. The van der Waals surface area contributed by atoms with Gasteiger partial charge in [0.2, 0.25) is 0 Å². The van der Waals surface area contributed by atoms with Crippen LogP contribution in [-0.4, -0.2) is 69.7 Å². The average Bonchev–Trinajstić information content (AvgIpc) is 3.34. The van der Waals surface area contributed by atoms with E-state index in [1.165, 1.54) is 7.11 Å². The lowest BCUT2D eigenvalue weighted by Gasteiger charge is -2.21. The predicted octanol–water partition coefficient (Wildman–Crippen LogP) is 4.42. The summed E-state index contributed by atoms with van der Waals surface area (Å²) >= 11 is 6.88. The fourth-order valence-electron chi connectivity index (χ4n) is 5.45. The molecule has 5 rings (SSSR count). The van der Waals surface area contributed by atoms with Crippen molar-refractivity contribution < 1.29 is 19.4 Å². The highest BCUT2D eigenvalue weighted by molar-refractivity contribution is 6.36. The monoisotopic (exact) mass is 631 g/mol. The average molecular weight is 632 g/mol. The van der Waals surface area contributed by atoms with Crippen LogP contribution >= 0.6 is 11.6 Å². The number of aliphatic hydroxyl groups excluding tert-OH is 1. The number of methoxy groups -OCH3 is 1. The summed E-state index contributed by atoms with van der Waals surface area (Å²) in [6, 6.07) is 12.6. The summed E-state index contributed by atoms with van der Waals surface area (Å²) in [5.74, 6) is 0.126. The van der Waals surface area contributed by atoms with Crippen molar-refractivity contribution in [2.45, 2.75) is 39.5 Å². The Labute approximate surface area is 267 Å². The summed E-state index contributed by atoms with van der Waals surface area (Å²) in [6.45, 7) is 6.07. The van der Waals surface area contributed by atoms with E-state index in [2.05, 4.69) is 30.8 Å². The predicted molar refractivity (Wildman–Crippen MR) is 175 cm³/mol. The Kier molecular flexibility index (Phi) is 9.83. The summed E-state index contributed by atoms with van der Waals surface area (Å²) in [6.07, 6.45) is 1.94. The molecule has 0 saturated heterocycles. The summed E-state index contributed by atoms with van der Waals surface area (Å²) in [5, 5.41) is 18.9. The molecule has 2 aromatic heterocycles. The Morgan fingerprint density at radius 3 is 2.53 bits per heavy atom. The van der Waals surface area contributed by atoms with Gasteiger partial charge in [-0.15, -0.1) is 0 Å². The van der Waals surface area contributed by atoms with E-state index >= 15 is 0 Å². The Balaban J connectivity index is 1.34. The largest absolute Gasteiger partial charge is 0.496 e. The molecule has 236 valence electrons. The minimum Gasteiger partial charge on any atom is -0.496 e. The first-order valence-electron chi connectivity index (χ1n) is 14.7. The van der Waals surface area contributed by atoms with Gasteiger partial charge in [-0.3, -0.25) is 14.6 Å². The van der Waals surface area contributed by atoms with Gasteiger partial charge in [-0.25, -0.2) is 4.98 Å². The number of pyridine rings is 1. The first kappa shape index (κ1) is 32.1. The molecule has 0 radical (unpaired) electrons. The highest BCUT2D eigenvalue weighted by Crippen LogP contribution is 2.37. The van der Waals surface area contributed by atoms with E-state index in [4.69, 9.17) is 16.3 Å². The van der Waals surface area contributed by atoms with E-state index in [0.29, 0.717) is 53.2 Å². The van der Waals surface area contributed by atoms with Gasteiger partial charge in [0.25, 0.3) is 11.8 Å². The maximum absolute atomic E-state index is 13.3. The van der Waals surface area contributed by atoms with Crippen molar-refractivity contribution in [1.29, 1.82) is 0 Å². The maximum atomic E-state index is 13.3. The Hall–Kier alpha value is -4.29. The molecular formula is C33H38ClN7O4. The number of hydrogen-bond donors (Lipinski definition) is 4. The molecule has 3 heterocycles. The number of fused-ring (bicyclic) bond motifs is 1. The van der Waals surface area contributed by atoms with Gasteiger partial charge >= 0.3 is 0 Å².